The van der Waals surface area contributed by atoms with Gasteiger partial charge in [0, 0.05) is 29.1 Å². The number of ether oxygens (including phenoxy) is 1. The van der Waals surface area contributed by atoms with Crippen LogP contribution in [-0.4, -0.2) is 57.8 Å². The molecule has 35 heavy (non-hydrogen) atoms. The number of aromatic carboxylic acids is 1. The number of carboxylic acid groups (broad SMARTS) is 1. The van der Waals surface area contributed by atoms with Crippen LogP contribution in [0.4, 0.5) is 9.18 Å². The number of aliphatic hydroxyl groups excluding tert-OH is 1. The molecule has 0 aliphatic carbocycles. The smallest absolute Gasteiger partial charge is 0.410 e. The Hall–Kier alpha value is -2.97. The molecule has 7 nitrogen and oxygen atoms in total. The second-order valence-corrected chi connectivity index (χ2v) is 9.99. The van der Waals surface area contributed by atoms with Gasteiger partial charge < -0.3 is 19.8 Å². The van der Waals surface area contributed by atoms with Gasteiger partial charge in [-0.1, -0.05) is 17.7 Å². The number of rotatable bonds is 6. The molecule has 1 heterocycles. The molecular formula is C26H29ClFNO6. The number of carbonyl (C=O) groups excluding carboxylic acids is 2. The lowest BCUT2D eigenvalue weighted by Gasteiger charge is -2.41. The first-order valence-electron chi connectivity index (χ1n) is 11.4. The summed E-state index contributed by atoms with van der Waals surface area (Å²) in [5.41, 5.74) is -1.59. The minimum Gasteiger partial charge on any atom is -0.478 e. The Balaban J connectivity index is 2.12. The van der Waals surface area contributed by atoms with Crippen LogP contribution in [0, 0.1) is 5.82 Å². The van der Waals surface area contributed by atoms with E-state index in [1.807, 2.05) is 0 Å². The summed E-state index contributed by atoms with van der Waals surface area (Å²) in [5, 5.41) is 20.2. The molecule has 0 aromatic heterocycles. The zero-order valence-corrected chi connectivity index (χ0v) is 20.6. The Morgan fingerprint density at radius 1 is 1.14 bits per heavy atom. The molecule has 2 unspecified atom stereocenters. The molecule has 0 radical (unpaired) electrons. The van der Waals surface area contributed by atoms with E-state index in [0.717, 1.165) is 18.9 Å². The van der Waals surface area contributed by atoms with Gasteiger partial charge in [-0.05, 0) is 75.9 Å². The van der Waals surface area contributed by atoms with Crippen LogP contribution in [0.3, 0.4) is 0 Å². The number of hydrogen-bond donors (Lipinski definition) is 2. The summed E-state index contributed by atoms with van der Waals surface area (Å²) in [6.07, 6.45) is 1.43. The summed E-state index contributed by atoms with van der Waals surface area (Å²) in [6, 6.07) is 7.64. The van der Waals surface area contributed by atoms with Gasteiger partial charge in [-0.15, -0.1) is 0 Å². The fraction of sp³-hybridized carbons (Fsp3) is 0.423. The van der Waals surface area contributed by atoms with E-state index < -0.39 is 59.0 Å². The van der Waals surface area contributed by atoms with Gasteiger partial charge in [-0.2, -0.15) is 0 Å². The van der Waals surface area contributed by atoms with E-state index >= 15 is 4.39 Å². The molecule has 1 fully saturated rings. The minimum atomic E-state index is -1.52. The summed E-state index contributed by atoms with van der Waals surface area (Å²) in [7, 11) is 0. The highest BCUT2D eigenvalue weighted by Crippen LogP contribution is 2.35. The zero-order chi connectivity index (χ0) is 25.9. The third kappa shape index (κ3) is 6.00. The van der Waals surface area contributed by atoms with Crippen molar-refractivity contribution in [1.82, 2.24) is 4.90 Å². The number of halogens is 2. The number of ketones is 1. The van der Waals surface area contributed by atoms with Crippen LogP contribution in [0.25, 0.3) is 0 Å². The van der Waals surface area contributed by atoms with Gasteiger partial charge in [0.25, 0.3) is 0 Å². The van der Waals surface area contributed by atoms with Crippen molar-refractivity contribution in [2.75, 3.05) is 13.2 Å². The molecule has 0 saturated carbocycles. The summed E-state index contributed by atoms with van der Waals surface area (Å²) in [4.78, 5) is 39.5. The summed E-state index contributed by atoms with van der Waals surface area (Å²) in [6.45, 7) is 5.13. The Morgan fingerprint density at radius 3 is 2.37 bits per heavy atom. The predicted octanol–water partition coefficient (Wildman–Crippen LogP) is 5.27. The molecule has 2 aromatic rings. The normalized spacial score (nSPS) is 17.1. The average molecular weight is 506 g/mol. The Morgan fingerprint density at radius 2 is 1.80 bits per heavy atom. The lowest BCUT2D eigenvalue weighted by molar-refractivity contribution is 0.00344. The lowest BCUT2D eigenvalue weighted by atomic mass is 9.81. The van der Waals surface area contributed by atoms with Crippen molar-refractivity contribution < 1.29 is 33.7 Å². The largest absolute Gasteiger partial charge is 0.478 e. The van der Waals surface area contributed by atoms with Gasteiger partial charge in [0.15, 0.2) is 5.78 Å². The van der Waals surface area contributed by atoms with E-state index in [1.54, 1.807) is 20.8 Å². The number of amides is 1. The number of carbonyl (C=O) groups is 3. The van der Waals surface area contributed by atoms with Crippen LogP contribution < -0.4 is 0 Å². The molecule has 188 valence electrons. The molecule has 1 amide bonds. The standard InChI is InChI=1S/C26H29ClFNO6/c1-26(2,3)35-25(34)29-13-5-4-6-20(29)19(14-30)17-11-12-18(24(32)33)22(28)21(17)23(31)15-7-9-16(27)10-8-15/h7-12,19-20,30H,4-6,13-14H2,1-3H3,(H,32,33). The topological polar surface area (TPSA) is 104 Å². The molecule has 1 aliphatic heterocycles. The SMILES string of the molecule is CC(C)(C)OC(=O)N1CCCCC1C(CO)c1ccc(C(=O)O)c(F)c1C(=O)c1ccc(Cl)cc1. The molecule has 2 N–H and O–H groups in total. The van der Waals surface area contributed by atoms with Gasteiger partial charge >= 0.3 is 12.1 Å². The van der Waals surface area contributed by atoms with Gasteiger partial charge in [-0.25, -0.2) is 14.0 Å². The molecule has 2 atom stereocenters. The van der Waals surface area contributed by atoms with Crippen LogP contribution in [-0.2, 0) is 4.74 Å². The number of likely N-dealkylation sites (tertiary alicyclic amines) is 1. The molecule has 1 aliphatic rings. The number of hydrogen-bond acceptors (Lipinski definition) is 5. The highest BCUT2D eigenvalue weighted by Gasteiger charge is 2.38. The second kappa shape index (κ2) is 10.7. The maximum absolute atomic E-state index is 15.5. The second-order valence-electron chi connectivity index (χ2n) is 9.56. The highest BCUT2D eigenvalue weighted by atomic mass is 35.5. The minimum absolute atomic E-state index is 0.112. The molecule has 2 aromatic carbocycles. The fourth-order valence-electron chi connectivity index (χ4n) is 4.39. The zero-order valence-electron chi connectivity index (χ0n) is 19.9. The molecule has 0 spiro atoms. The summed E-state index contributed by atoms with van der Waals surface area (Å²) >= 11 is 5.91. The number of aliphatic hydroxyl groups is 1. The number of benzene rings is 2. The first-order valence-corrected chi connectivity index (χ1v) is 11.8. The van der Waals surface area contributed by atoms with Crippen LogP contribution in [0.5, 0.6) is 0 Å². The summed E-state index contributed by atoms with van der Waals surface area (Å²) < 4.78 is 21.1. The van der Waals surface area contributed by atoms with E-state index in [0.29, 0.717) is 18.0 Å². The lowest BCUT2D eigenvalue weighted by Crippen LogP contribution is -2.49. The van der Waals surface area contributed by atoms with Crippen molar-refractivity contribution in [1.29, 1.82) is 0 Å². The van der Waals surface area contributed by atoms with Crippen molar-refractivity contribution in [2.24, 2.45) is 0 Å². The van der Waals surface area contributed by atoms with Gasteiger partial charge in [0.1, 0.15) is 11.4 Å². The predicted molar refractivity (Wildman–Crippen MR) is 129 cm³/mol. The molecule has 1 saturated heterocycles. The maximum Gasteiger partial charge on any atom is 0.410 e. The van der Waals surface area contributed by atoms with Crippen LogP contribution >= 0.6 is 11.6 Å². The third-order valence-electron chi connectivity index (χ3n) is 5.98. The van der Waals surface area contributed by atoms with E-state index in [1.165, 1.54) is 35.2 Å². The van der Waals surface area contributed by atoms with Crippen LogP contribution in [0.2, 0.25) is 5.02 Å². The van der Waals surface area contributed by atoms with E-state index in [9.17, 15) is 24.6 Å². The number of carboxylic acids is 1. The third-order valence-corrected chi connectivity index (χ3v) is 6.23. The molecule has 0 bridgehead atoms. The molecular weight excluding hydrogens is 477 g/mol. The highest BCUT2D eigenvalue weighted by molar-refractivity contribution is 6.30. The Kier molecular flexibility index (Phi) is 8.18. The fourth-order valence-corrected chi connectivity index (χ4v) is 4.52. The van der Waals surface area contributed by atoms with Gasteiger partial charge in [-0.3, -0.25) is 4.79 Å². The molecule has 3 rings (SSSR count). The van der Waals surface area contributed by atoms with Crippen molar-refractivity contribution in [3.63, 3.8) is 0 Å². The monoisotopic (exact) mass is 505 g/mol. The van der Waals surface area contributed by atoms with E-state index in [-0.39, 0.29) is 11.1 Å². The van der Waals surface area contributed by atoms with Crippen LogP contribution in [0.15, 0.2) is 36.4 Å². The van der Waals surface area contributed by atoms with Crippen LogP contribution in [0.1, 0.15) is 77.8 Å². The number of nitrogens with zero attached hydrogens (tertiary/aromatic N) is 1. The van der Waals surface area contributed by atoms with Gasteiger partial charge in [0.05, 0.1) is 17.7 Å². The Labute approximate surface area is 208 Å². The van der Waals surface area contributed by atoms with E-state index in [4.69, 9.17) is 16.3 Å². The van der Waals surface area contributed by atoms with Crippen molar-refractivity contribution >= 4 is 29.4 Å². The first kappa shape index (κ1) is 26.6. The maximum atomic E-state index is 15.5. The Bertz CT molecular complexity index is 1110. The van der Waals surface area contributed by atoms with Crippen molar-refractivity contribution in [2.45, 2.75) is 57.6 Å². The molecule has 9 heteroatoms. The van der Waals surface area contributed by atoms with Crippen molar-refractivity contribution in [3.8, 4) is 0 Å². The van der Waals surface area contributed by atoms with Gasteiger partial charge in [0.2, 0.25) is 0 Å². The summed E-state index contributed by atoms with van der Waals surface area (Å²) in [5.74, 6) is -4.29. The van der Waals surface area contributed by atoms with E-state index in [2.05, 4.69) is 0 Å². The average Bonchev–Trinajstić information content (AvgIpc) is 2.79. The first-order chi connectivity index (χ1) is 16.4. The van der Waals surface area contributed by atoms with Crippen molar-refractivity contribution in [3.05, 3.63) is 69.5 Å². The number of piperidine rings is 1. The quantitative estimate of drug-likeness (QED) is 0.518.